The van der Waals surface area contributed by atoms with Gasteiger partial charge in [-0.05, 0) is 30.7 Å². The van der Waals surface area contributed by atoms with E-state index in [1.807, 2.05) is 25.1 Å². The van der Waals surface area contributed by atoms with Gasteiger partial charge in [0.1, 0.15) is 10.9 Å². The highest BCUT2D eigenvalue weighted by Crippen LogP contribution is 2.15. The maximum Gasteiger partial charge on any atom is 0.276 e. The summed E-state index contributed by atoms with van der Waals surface area (Å²) in [6.45, 7) is 1.67. The molecule has 0 radical (unpaired) electrons. The molecule has 1 aromatic carbocycles. The van der Waals surface area contributed by atoms with Crippen LogP contribution in [0.5, 0.6) is 5.75 Å². The molecule has 2 amide bonds. The molecule has 2 rings (SSSR count). The lowest BCUT2D eigenvalue weighted by atomic mass is 10.2. The highest BCUT2D eigenvalue weighted by atomic mass is 35.5. The molecule has 0 aliphatic heterocycles. The fourth-order valence-electron chi connectivity index (χ4n) is 1.61. The van der Waals surface area contributed by atoms with Crippen molar-refractivity contribution in [2.24, 2.45) is 0 Å². The molecule has 0 unspecified atom stereocenters. The summed E-state index contributed by atoms with van der Waals surface area (Å²) in [5.74, 6) is -0.349. The lowest BCUT2D eigenvalue weighted by Crippen LogP contribution is -2.43. The number of nitrogens with zero attached hydrogens (tertiary/aromatic N) is 1. The highest BCUT2D eigenvalue weighted by Gasteiger charge is 2.08. The van der Waals surface area contributed by atoms with Gasteiger partial charge in [-0.3, -0.25) is 20.4 Å². The quantitative estimate of drug-likeness (QED) is 0.666. The van der Waals surface area contributed by atoms with Crippen molar-refractivity contribution in [3.05, 3.63) is 58.9 Å². The predicted octanol–water partition coefficient (Wildman–Crippen LogP) is 1.88. The summed E-state index contributed by atoms with van der Waals surface area (Å²) in [5.41, 5.74) is 5.73. The van der Waals surface area contributed by atoms with E-state index < -0.39 is 11.8 Å². The van der Waals surface area contributed by atoms with Gasteiger partial charge in [-0.2, -0.15) is 0 Å². The average molecular weight is 320 g/mol. The minimum absolute atomic E-state index is 0.204. The largest absolute Gasteiger partial charge is 0.483 e. The van der Waals surface area contributed by atoms with Gasteiger partial charge in [-0.25, -0.2) is 4.98 Å². The molecule has 7 heteroatoms. The highest BCUT2D eigenvalue weighted by molar-refractivity contribution is 6.29. The molecule has 2 aromatic rings. The first-order valence-electron chi connectivity index (χ1n) is 6.45. The Morgan fingerprint density at radius 2 is 1.95 bits per heavy atom. The van der Waals surface area contributed by atoms with E-state index >= 15 is 0 Å². The number of amides is 2. The second kappa shape index (κ2) is 7.42. The molecule has 22 heavy (non-hydrogen) atoms. The first kappa shape index (κ1) is 15.8. The van der Waals surface area contributed by atoms with Crippen molar-refractivity contribution in [3.8, 4) is 5.75 Å². The molecule has 0 saturated heterocycles. The molecule has 1 heterocycles. The molecular weight excluding hydrogens is 306 g/mol. The van der Waals surface area contributed by atoms with Gasteiger partial charge in [0, 0.05) is 6.20 Å². The summed E-state index contributed by atoms with van der Waals surface area (Å²) in [6.07, 6.45) is 1.31. The first-order chi connectivity index (χ1) is 10.6. The van der Waals surface area contributed by atoms with Gasteiger partial charge in [0.2, 0.25) is 0 Å². The number of benzene rings is 1. The number of pyridine rings is 1. The average Bonchev–Trinajstić information content (AvgIpc) is 2.52. The third-order valence-electron chi connectivity index (χ3n) is 2.76. The van der Waals surface area contributed by atoms with Crippen molar-refractivity contribution in [2.75, 3.05) is 6.61 Å². The van der Waals surface area contributed by atoms with Crippen LogP contribution in [-0.4, -0.2) is 23.4 Å². The summed E-state index contributed by atoms with van der Waals surface area (Å²) in [5, 5.41) is 0.284. The van der Waals surface area contributed by atoms with Crippen LogP contribution in [0.4, 0.5) is 0 Å². The molecule has 6 nitrogen and oxygen atoms in total. The number of para-hydroxylation sites is 1. The van der Waals surface area contributed by atoms with E-state index in [1.165, 1.54) is 18.3 Å². The Hall–Kier alpha value is -2.60. The fourth-order valence-corrected chi connectivity index (χ4v) is 1.72. The van der Waals surface area contributed by atoms with Gasteiger partial charge in [-0.1, -0.05) is 29.8 Å². The topological polar surface area (TPSA) is 80.3 Å². The predicted molar refractivity (Wildman–Crippen MR) is 81.5 cm³/mol. The SMILES string of the molecule is Cc1ccccc1OCC(=O)NNC(=O)c1ccc(Cl)nc1. The fraction of sp³-hybridized carbons (Fsp3) is 0.133. The summed E-state index contributed by atoms with van der Waals surface area (Å²) in [4.78, 5) is 27.1. The third kappa shape index (κ3) is 4.46. The van der Waals surface area contributed by atoms with Crippen LogP contribution in [0.3, 0.4) is 0 Å². The van der Waals surface area contributed by atoms with Crippen LogP contribution in [0.25, 0.3) is 0 Å². The van der Waals surface area contributed by atoms with Gasteiger partial charge in [0.15, 0.2) is 6.61 Å². The van der Waals surface area contributed by atoms with Crippen LogP contribution in [0, 0.1) is 6.92 Å². The van der Waals surface area contributed by atoms with E-state index in [9.17, 15) is 9.59 Å². The Balaban J connectivity index is 1.79. The number of aryl methyl sites for hydroxylation is 1. The molecule has 0 atom stereocenters. The molecule has 1 aromatic heterocycles. The van der Waals surface area contributed by atoms with E-state index in [-0.39, 0.29) is 17.3 Å². The number of hydrogen-bond acceptors (Lipinski definition) is 4. The van der Waals surface area contributed by atoms with Crippen LogP contribution in [-0.2, 0) is 4.79 Å². The van der Waals surface area contributed by atoms with E-state index in [0.29, 0.717) is 5.75 Å². The normalized spacial score (nSPS) is 9.91. The number of carbonyl (C=O) groups is 2. The Kier molecular flexibility index (Phi) is 5.32. The number of rotatable bonds is 4. The van der Waals surface area contributed by atoms with Gasteiger partial charge in [0.25, 0.3) is 11.8 Å². The lowest BCUT2D eigenvalue weighted by Gasteiger charge is -2.10. The second-order valence-electron chi connectivity index (χ2n) is 4.43. The molecular formula is C15H14ClN3O3. The van der Waals surface area contributed by atoms with Crippen LogP contribution < -0.4 is 15.6 Å². The number of ether oxygens (including phenoxy) is 1. The zero-order valence-electron chi connectivity index (χ0n) is 11.8. The zero-order valence-corrected chi connectivity index (χ0v) is 12.6. The third-order valence-corrected chi connectivity index (χ3v) is 2.98. The molecule has 114 valence electrons. The van der Waals surface area contributed by atoms with Crippen LogP contribution >= 0.6 is 11.6 Å². The Morgan fingerprint density at radius 3 is 2.64 bits per heavy atom. The number of hydrazine groups is 1. The van der Waals surface area contributed by atoms with Gasteiger partial charge in [0.05, 0.1) is 5.56 Å². The minimum atomic E-state index is -0.492. The van der Waals surface area contributed by atoms with Crippen molar-refractivity contribution >= 4 is 23.4 Å². The van der Waals surface area contributed by atoms with E-state index in [0.717, 1.165) is 5.56 Å². The number of carbonyl (C=O) groups excluding carboxylic acids is 2. The molecule has 2 N–H and O–H groups in total. The van der Waals surface area contributed by atoms with Gasteiger partial charge >= 0.3 is 0 Å². The monoisotopic (exact) mass is 319 g/mol. The van der Waals surface area contributed by atoms with E-state index in [4.69, 9.17) is 16.3 Å². The Morgan fingerprint density at radius 1 is 1.18 bits per heavy atom. The minimum Gasteiger partial charge on any atom is -0.483 e. The summed E-state index contributed by atoms with van der Waals surface area (Å²) >= 11 is 5.63. The molecule has 0 fully saturated rings. The zero-order chi connectivity index (χ0) is 15.9. The first-order valence-corrected chi connectivity index (χ1v) is 6.83. The molecule has 0 spiro atoms. The van der Waals surface area contributed by atoms with Crippen LogP contribution in [0.1, 0.15) is 15.9 Å². The van der Waals surface area contributed by atoms with Gasteiger partial charge in [-0.15, -0.1) is 0 Å². The number of nitrogens with one attached hydrogen (secondary N) is 2. The smallest absolute Gasteiger partial charge is 0.276 e. The van der Waals surface area contributed by atoms with E-state index in [2.05, 4.69) is 15.8 Å². The Labute approximate surface area is 132 Å². The number of aromatic nitrogens is 1. The van der Waals surface area contributed by atoms with Crippen molar-refractivity contribution in [2.45, 2.75) is 6.92 Å². The number of halogens is 1. The van der Waals surface area contributed by atoms with E-state index in [1.54, 1.807) is 6.07 Å². The maximum atomic E-state index is 11.7. The summed E-state index contributed by atoms with van der Waals surface area (Å²) < 4.78 is 5.36. The van der Waals surface area contributed by atoms with Gasteiger partial charge < -0.3 is 4.74 Å². The molecule has 0 bridgehead atoms. The standard InChI is InChI=1S/C15H14ClN3O3/c1-10-4-2-3-5-12(10)22-9-14(20)18-19-15(21)11-6-7-13(16)17-8-11/h2-8H,9H2,1H3,(H,18,20)(H,19,21). The molecule has 0 aliphatic carbocycles. The van der Waals surface area contributed by atoms with Crippen molar-refractivity contribution in [3.63, 3.8) is 0 Å². The van der Waals surface area contributed by atoms with Crippen molar-refractivity contribution in [1.29, 1.82) is 0 Å². The summed E-state index contributed by atoms with van der Waals surface area (Å²) in [7, 11) is 0. The molecule has 0 saturated carbocycles. The van der Waals surface area contributed by atoms with Crippen molar-refractivity contribution in [1.82, 2.24) is 15.8 Å². The maximum absolute atomic E-state index is 11.7. The van der Waals surface area contributed by atoms with Crippen LogP contribution in [0.2, 0.25) is 5.15 Å². The Bertz CT molecular complexity index is 674. The molecule has 0 aliphatic rings. The lowest BCUT2D eigenvalue weighted by molar-refractivity contribution is -0.123. The van der Waals surface area contributed by atoms with Crippen LogP contribution in [0.15, 0.2) is 42.6 Å². The summed E-state index contributed by atoms with van der Waals surface area (Å²) in [6, 6.07) is 10.3. The second-order valence-corrected chi connectivity index (χ2v) is 4.81. The van der Waals surface area contributed by atoms with Crippen molar-refractivity contribution < 1.29 is 14.3 Å². The number of hydrogen-bond donors (Lipinski definition) is 2.